The summed E-state index contributed by atoms with van der Waals surface area (Å²) in [6.07, 6.45) is 11.1. The zero-order chi connectivity index (χ0) is 17.8. The minimum atomic E-state index is -0.368. The zero-order valence-corrected chi connectivity index (χ0v) is 15.9. The standard InChI is InChI=1S/C20H34N2O4/c23-19(18-6-5-11-22(18)16-7-12-24-13-8-16)21-14-17-15-25-20(26-17)9-3-1-2-4-10-20/h16-18H,1-15H2,(H,21,23)/t17-,18-/m0/s1. The van der Waals surface area contributed by atoms with E-state index in [0.29, 0.717) is 19.2 Å². The lowest BCUT2D eigenvalue weighted by atomic mass is 10.1. The van der Waals surface area contributed by atoms with Gasteiger partial charge in [-0.1, -0.05) is 12.8 Å². The van der Waals surface area contributed by atoms with Crippen LogP contribution in [0.5, 0.6) is 0 Å². The van der Waals surface area contributed by atoms with E-state index in [4.69, 9.17) is 14.2 Å². The van der Waals surface area contributed by atoms with E-state index in [1.807, 2.05) is 0 Å². The molecule has 3 aliphatic heterocycles. The molecule has 26 heavy (non-hydrogen) atoms. The van der Waals surface area contributed by atoms with Crippen molar-refractivity contribution in [2.45, 2.75) is 88.2 Å². The maximum atomic E-state index is 12.8. The molecule has 0 aromatic heterocycles. The van der Waals surface area contributed by atoms with Crippen molar-refractivity contribution < 1.29 is 19.0 Å². The maximum Gasteiger partial charge on any atom is 0.237 e. The minimum Gasteiger partial charge on any atom is -0.381 e. The van der Waals surface area contributed by atoms with Crippen molar-refractivity contribution in [3.8, 4) is 0 Å². The lowest BCUT2D eigenvalue weighted by molar-refractivity contribution is -0.175. The number of carbonyl (C=O) groups is 1. The summed E-state index contributed by atoms with van der Waals surface area (Å²) in [4.78, 5) is 15.2. The number of hydrogen-bond donors (Lipinski definition) is 1. The van der Waals surface area contributed by atoms with E-state index < -0.39 is 0 Å². The van der Waals surface area contributed by atoms with E-state index in [9.17, 15) is 4.79 Å². The van der Waals surface area contributed by atoms with Crippen LogP contribution < -0.4 is 5.32 Å². The molecule has 0 aromatic carbocycles. The summed E-state index contributed by atoms with van der Waals surface area (Å²) in [7, 11) is 0. The highest BCUT2D eigenvalue weighted by Crippen LogP contribution is 2.36. The first kappa shape index (κ1) is 18.7. The average molecular weight is 367 g/mol. The van der Waals surface area contributed by atoms with Crippen LogP contribution in [0.15, 0.2) is 0 Å². The normalized spacial score (nSPS) is 33.4. The van der Waals surface area contributed by atoms with Gasteiger partial charge in [0.25, 0.3) is 0 Å². The molecule has 1 spiro atoms. The summed E-state index contributed by atoms with van der Waals surface area (Å²) < 4.78 is 17.8. The fraction of sp³-hybridized carbons (Fsp3) is 0.950. The summed E-state index contributed by atoms with van der Waals surface area (Å²) in [6.45, 7) is 3.86. The number of carbonyl (C=O) groups excluding carboxylic acids is 1. The van der Waals surface area contributed by atoms with Crippen LogP contribution in [-0.2, 0) is 19.0 Å². The van der Waals surface area contributed by atoms with Gasteiger partial charge in [-0.3, -0.25) is 9.69 Å². The zero-order valence-electron chi connectivity index (χ0n) is 15.9. The summed E-state index contributed by atoms with van der Waals surface area (Å²) in [5, 5.41) is 3.16. The Balaban J connectivity index is 1.26. The molecule has 4 rings (SSSR count). The molecule has 4 fully saturated rings. The first-order valence-corrected chi connectivity index (χ1v) is 10.7. The van der Waals surface area contributed by atoms with Gasteiger partial charge < -0.3 is 19.5 Å². The van der Waals surface area contributed by atoms with Crippen molar-refractivity contribution in [2.75, 3.05) is 32.9 Å². The van der Waals surface area contributed by atoms with E-state index >= 15 is 0 Å². The van der Waals surface area contributed by atoms with E-state index in [0.717, 1.165) is 58.3 Å². The van der Waals surface area contributed by atoms with Crippen LogP contribution in [-0.4, -0.2) is 67.7 Å². The number of amides is 1. The highest BCUT2D eigenvalue weighted by atomic mass is 16.7. The largest absolute Gasteiger partial charge is 0.381 e. The molecule has 1 aliphatic carbocycles. The molecule has 0 radical (unpaired) electrons. The van der Waals surface area contributed by atoms with Crippen LogP contribution in [0, 0.1) is 0 Å². The number of nitrogens with zero attached hydrogens (tertiary/aromatic N) is 1. The van der Waals surface area contributed by atoms with Crippen molar-refractivity contribution in [3.05, 3.63) is 0 Å². The van der Waals surface area contributed by atoms with Gasteiger partial charge in [-0.15, -0.1) is 0 Å². The Morgan fingerprint density at radius 2 is 1.81 bits per heavy atom. The molecule has 3 heterocycles. The third-order valence-electron chi connectivity index (χ3n) is 6.54. The Labute approximate surface area is 156 Å². The smallest absolute Gasteiger partial charge is 0.237 e. The molecule has 3 saturated heterocycles. The second kappa shape index (κ2) is 8.55. The van der Waals surface area contributed by atoms with Crippen LogP contribution in [0.1, 0.15) is 64.2 Å². The first-order valence-electron chi connectivity index (χ1n) is 10.7. The molecule has 0 aromatic rings. The minimum absolute atomic E-state index is 0.00464. The van der Waals surface area contributed by atoms with Gasteiger partial charge in [0.2, 0.25) is 5.91 Å². The molecular weight excluding hydrogens is 332 g/mol. The monoisotopic (exact) mass is 366 g/mol. The van der Waals surface area contributed by atoms with Gasteiger partial charge in [-0.25, -0.2) is 0 Å². The van der Waals surface area contributed by atoms with Crippen LogP contribution in [0.25, 0.3) is 0 Å². The van der Waals surface area contributed by atoms with Crippen molar-refractivity contribution in [1.82, 2.24) is 10.2 Å². The third-order valence-corrected chi connectivity index (χ3v) is 6.54. The third kappa shape index (κ3) is 4.24. The fourth-order valence-electron chi connectivity index (χ4n) is 5.10. The van der Waals surface area contributed by atoms with Crippen molar-refractivity contribution >= 4 is 5.91 Å². The maximum absolute atomic E-state index is 12.8. The Kier molecular flexibility index (Phi) is 6.14. The topological polar surface area (TPSA) is 60.0 Å². The SMILES string of the molecule is O=C(NC[C@H]1COC2(CCCCCC2)O1)[C@@H]1CCCN1C1CCOCC1. The highest BCUT2D eigenvalue weighted by Gasteiger charge is 2.42. The van der Waals surface area contributed by atoms with E-state index in [-0.39, 0.29) is 23.8 Å². The van der Waals surface area contributed by atoms with Crippen LogP contribution in [0.4, 0.5) is 0 Å². The fourth-order valence-corrected chi connectivity index (χ4v) is 5.10. The molecule has 6 heteroatoms. The summed E-state index contributed by atoms with van der Waals surface area (Å²) in [6, 6.07) is 0.523. The number of hydrogen-bond acceptors (Lipinski definition) is 5. The molecular formula is C20H34N2O4. The quantitative estimate of drug-likeness (QED) is 0.827. The Hall–Kier alpha value is -0.690. The molecule has 148 valence electrons. The molecule has 2 atom stereocenters. The van der Waals surface area contributed by atoms with Gasteiger partial charge in [0, 0.05) is 38.6 Å². The summed E-state index contributed by atoms with van der Waals surface area (Å²) >= 11 is 0. The molecule has 0 bridgehead atoms. The molecule has 4 aliphatic rings. The molecule has 1 N–H and O–H groups in total. The summed E-state index contributed by atoms with van der Waals surface area (Å²) in [5.74, 6) is -0.202. The van der Waals surface area contributed by atoms with Crippen LogP contribution in [0.3, 0.4) is 0 Å². The second-order valence-corrected chi connectivity index (χ2v) is 8.36. The molecule has 1 saturated carbocycles. The highest BCUT2D eigenvalue weighted by molar-refractivity contribution is 5.82. The van der Waals surface area contributed by atoms with Gasteiger partial charge in [-0.2, -0.15) is 0 Å². The Bertz CT molecular complexity index is 472. The number of nitrogens with one attached hydrogen (secondary N) is 1. The van der Waals surface area contributed by atoms with E-state index in [2.05, 4.69) is 10.2 Å². The lowest BCUT2D eigenvalue weighted by Gasteiger charge is -2.34. The number of rotatable bonds is 4. The van der Waals surface area contributed by atoms with Gasteiger partial charge >= 0.3 is 0 Å². The molecule has 6 nitrogen and oxygen atoms in total. The molecule has 1 amide bonds. The number of likely N-dealkylation sites (tertiary alicyclic amines) is 1. The van der Waals surface area contributed by atoms with E-state index in [1.165, 1.54) is 25.7 Å². The molecule has 0 unspecified atom stereocenters. The van der Waals surface area contributed by atoms with Crippen molar-refractivity contribution in [1.29, 1.82) is 0 Å². The van der Waals surface area contributed by atoms with Crippen LogP contribution >= 0.6 is 0 Å². The second-order valence-electron chi connectivity index (χ2n) is 8.36. The van der Waals surface area contributed by atoms with E-state index in [1.54, 1.807) is 0 Å². The Morgan fingerprint density at radius 3 is 2.58 bits per heavy atom. The summed E-state index contributed by atoms with van der Waals surface area (Å²) in [5.41, 5.74) is 0. The lowest BCUT2D eigenvalue weighted by Crippen LogP contribution is -2.50. The predicted molar refractivity (Wildman–Crippen MR) is 97.8 cm³/mol. The van der Waals surface area contributed by atoms with Crippen LogP contribution in [0.2, 0.25) is 0 Å². The first-order chi connectivity index (χ1) is 12.8. The van der Waals surface area contributed by atoms with Crippen molar-refractivity contribution in [3.63, 3.8) is 0 Å². The van der Waals surface area contributed by atoms with Gasteiger partial charge in [0.1, 0.15) is 6.10 Å². The van der Waals surface area contributed by atoms with Gasteiger partial charge in [0.15, 0.2) is 5.79 Å². The van der Waals surface area contributed by atoms with Crippen molar-refractivity contribution in [2.24, 2.45) is 0 Å². The Morgan fingerprint density at radius 1 is 1.04 bits per heavy atom. The average Bonchev–Trinajstić information content (AvgIpc) is 3.25. The van der Waals surface area contributed by atoms with Gasteiger partial charge in [0.05, 0.1) is 12.6 Å². The van der Waals surface area contributed by atoms with Gasteiger partial charge in [-0.05, 0) is 45.1 Å². The number of ether oxygens (including phenoxy) is 3. The predicted octanol–water partition coefficient (Wildman–Crippen LogP) is 2.21.